The molecule has 0 fully saturated rings. The highest BCUT2D eigenvalue weighted by molar-refractivity contribution is 5.75. The molecule has 36 heavy (non-hydrogen) atoms. The fraction of sp³-hybridized carbons (Fsp3) is 0.931. The molecule has 0 saturated heterocycles. The molecule has 0 aromatic rings. The molecule has 1 N–H and O–H groups in total. The third kappa shape index (κ3) is 29.1. The van der Waals surface area contributed by atoms with Gasteiger partial charge in [0.05, 0.1) is 33.0 Å². The summed E-state index contributed by atoms with van der Waals surface area (Å²) in [6.45, 7) is 9.10. The van der Waals surface area contributed by atoms with Gasteiger partial charge < -0.3 is 24.3 Å². The fourth-order valence-corrected chi connectivity index (χ4v) is 3.88. The highest BCUT2D eigenvalue weighted by atomic mass is 16.6. The van der Waals surface area contributed by atoms with Crippen molar-refractivity contribution in [3.8, 4) is 0 Å². The Hall–Kier alpha value is -1.18. The van der Waals surface area contributed by atoms with Gasteiger partial charge in [0, 0.05) is 26.5 Å². The van der Waals surface area contributed by atoms with Gasteiger partial charge in [-0.3, -0.25) is 9.59 Å². The van der Waals surface area contributed by atoms with Crippen molar-refractivity contribution in [3.63, 3.8) is 0 Å². The topological polar surface area (TPSA) is 83.1 Å². The first-order valence-corrected chi connectivity index (χ1v) is 14.5. The zero-order chi connectivity index (χ0) is 26.7. The van der Waals surface area contributed by atoms with Crippen LogP contribution < -0.4 is 5.32 Å². The number of hydrogen-bond donors (Lipinski definition) is 1. The SMILES string of the molecule is COCCOCCOCCNC(=O)CCCCCCCCCCCCCCCCC(=O)OC(C)(C)C. The summed E-state index contributed by atoms with van der Waals surface area (Å²) >= 11 is 0. The van der Waals surface area contributed by atoms with E-state index in [1.807, 2.05) is 20.8 Å². The number of esters is 1. The van der Waals surface area contributed by atoms with Crippen LogP contribution in [0, 0.1) is 0 Å². The van der Waals surface area contributed by atoms with Crippen molar-refractivity contribution < 1.29 is 28.5 Å². The standard InChI is InChI=1S/C29H57NO6/c1-29(2,3)36-28(32)20-18-16-14-12-10-8-6-5-7-9-11-13-15-17-19-27(31)30-21-22-34-25-26-35-24-23-33-4/h5-26H2,1-4H3,(H,30,31). The van der Waals surface area contributed by atoms with Crippen LogP contribution in [0.4, 0.5) is 0 Å². The Bertz CT molecular complexity index is 506. The summed E-state index contributed by atoms with van der Waals surface area (Å²) in [7, 11) is 1.65. The predicted molar refractivity (Wildman–Crippen MR) is 146 cm³/mol. The van der Waals surface area contributed by atoms with Crippen molar-refractivity contribution in [2.75, 3.05) is 46.7 Å². The minimum Gasteiger partial charge on any atom is -0.460 e. The predicted octanol–water partition coefficient (Wildman–Crippen LogP) is 6.37. The molecule has 0 bridgehead atoms. The number of carbonyl (C=O) groups excluding carboxylic acids is 2. The van der Waals surface area contributed by atoms with Crippen molar-refractivity contribution >= 4 is 11.9 Å². The Kier molecular flexibility index (Phi) is 24.6. The monoisotopic (exact) mass is 515 g/mol. The minimum atomic E-state index is -0.368. The van der Waals surface area contributed by atoms with Crippen LogP contribution in [0.1, 0.15) is 124 Å². The van der Waals surface area contributed by atoms with E-state index < -0.39 is 0 Å². The second-order valence-electron chi connectivity index (χ2n) is 10.6. The Morgan fingerprint density at radius 2 is 1.00 bits per heavy atom. The van der Waals surface area contributed by atoms with Crippen LogP contribution in [-0.2, 0) is 28.5 Å². The first kappa shape index (κ1) is 34.8. The van der Waals surface area contributed by atoms with E-state index >= 15 is 0 Å². The number of carbonyl (C=O) groups is 2. The van der Waals surface area contributed by atoms with Crippen molar-refractivity contribution in [3.05, 3.63) is 0 Å². The van der Waals surface area contributed by atoms with Crippen molar-refractivity contribution in [2.45, 2.75) is 129 Å². The zero-order valence-electron chi connectivity index (χ0n) is 24.0. The van der Waals surface area contributed by atoms with Gasteiger partial charge in [-0.25, -0.2) is 0 Å². The third-order valence-electron chi connectivity index (χ3n) is 5.83. The van der Waals surface area contributed by atoms with E-state index in [1.54, 1.807) is 7.11 Å². The van der Waals surface area contributed by atoms with E-state index in [-0.39, 0.29) is 17.5 Å². The lowest BCUT2D eigenvalue weighted by molar-refractivity contribution is -0.154. The maximum Gasteiger partial charge on any atom is 0.306 e. The minimum absolute atomic E-state index is 0.0679. The molecule has 0 radical (unpaired) electrons. The average molecular weight is 516 g/mol. The normalized spacial score (nSPS) is 11.6. The molecular weight excluding hydrogens is 458 g/mol. The molecule has 7 heteroatoms. The molecule has 0 aromatic carbocycles. The van der Waals surface area contributed by atoms with E-state index in [9.17, 15) is 9.59 Å². The van der Waals surface area contributed by atoms with Crippen LogP contribution in [-0.4, -0.2) is 64.2 Å². The Morgan fingerprint density at radius 1 is 0.583 bits per heavy atom. The number of amides is 1. The van der Waals surface area contributed by atoms with Gasteiger partial charge in [0.1, 0.15) is 5.60 Å². The van der Waals surface area contributed by atoms with Gasteiger partial charge in [0.15, 0.2) is 0 Å². The van der Waals surface area contributed by atoms with Crippen LogP contribution in [0.5, 0.6) is 0 Å². The van der Waals surface area contributed by atoms with Crippen LogP contribution in [0.15, 0.2) is 0 Å². The molecule has 0 heterocycles. The van der Waals surface area contributed by atoms with Crippen molar-refractivity contribution in [1.82, 2.24) is 5.32 Å². The summed E-state index contributed by atoms with van der Waals surface area (Å²) in [5, 5.41) is 2.91. The van der Waals surface area contributed by atoms with Crippen LogP contribution in [0.3, 0.4) is 0 Å². The second-order valence-corrected chi connectivity index (χ2v) is 10.6. The first-order valence-electron chi connectivity index (χ1n) is 14.5. The number of rotatable bonds is 26. The summed E-state index contributed by atoms with van der Waals surface area (Å²) in [4.78, 5) is 23.5. The summed E-state index contributed by atoms with van der Waals surface area (Å²) in [6, 6.07) is 0. The maximum absolute atomic E-state index is 11.8. The van der Waals surface area contributed by atoms with Gasteiger partial charge in [0.25, 0.3) is 0 Å². The molecule has 0 aromatic heterocycles. The molecule has 0 saturated carbocycles. The van der Waals surface area contributed by atoms with E-state index in [0.29, 0.717) is 52.4 Å². The van der Waals surface area contributed by atoms with Gasteiger partial charge in [0.2, 0.25) is 5.91 Å². The lowest BCUT2D eigenvalue weighted by Crippen LogP contribution is -2.27. The second kappa shape index (κ2) is 25.5. The molecular formula is C29H57NO6. The summed E-state index contributed by atoms with van der Waals surface area (Å²) < 4.78 is 21.0. The van der Waals surface area contributed by atoms with Crippen molar-refractivity contribution in [2.24, 2.45) is 0 Å². The molecule has 0 unspecified atom stereocenters. The summed E-state index contributed by atoms with van der Waals surface area (Å²) in [6.07, 6.45) is 18.3. The molecule has 0 aliphatic heterocycles. The van der Waals surface area contributed by atoms with Crippen LogP contribution >= 0.6 is 0 Å². The van der Waals surface area contributed by atoms with Crippen LogP contribution in [0.2, 0.25) is 0 Å². The molecule has 0 spiro atoms. The van der Waals surface area contributed by atoms with Gasteiger partial charge >= 0.3 is 5.97 Å². The number of methoxy groups -OCH3 is 1. The number of nitrogens with one attached hydrogen (secondary N) is 1. The summed E-state index contributed by atoms with van der Waals surface area (Å²) in [5.74, 6) is 0.0552. The first-order chi connectivity index (χ1) is 17.3. The quantitative estimate of drug-likeness (QED) is 0.107. The Morgan fingerprint density at radius 3 is 1.47 bits per heavy atom. The van der Waals surface area contributed by atoms with E-state index in [2.05, 4.69) is 5.32 Å². The van der Waals surface area contributed by atoms with E-state index in [0.717, 1.165) is 25.7 Å². The number of ether oxygens (including phenoxy) is 4. The molecule has 0 aliphatic carbocycles. The molecule has 1 amide bonds. The smallest absolute Gasteiger partial charge is 0.306 e. The Balaban J connectivity index is 3.21. The average Bonchev–Trinajstić information content (AvgIpc) is 2.81. The largest absolute Gasteiger partial charge is 0.460 e. The summed E-state index contributed by atoms with van der Waals surface area (Å²) in [5.41, 5.74) is -0.368. The lowest BCUT2D eigenvalue weighted by atomic mass is 10.0. The van der Waals surface area contributed by atoms with Gasteiger partial charge in [-0.2, -0.15) is 0 Å². The van der Waals surface area contributed by atoms with Gasteiger partial charge in [-0.1, -0.05) is 77.0 Å². The third-order valence-corrected chi connectivity index (χ3v) is 5.83. The molecule has 0 aliphatic rings. The van der Waals surface area contributed by atoms with Gasteiger partial charge in [-0.15, -0.1) is 0 Å². The van der Waals surface area contributed by atoms with E-state index in [4.69, 9.17) is 18.9 Å². The number of hydrogen-bond acceptors (Lipinski definition) is 6. The maximum atomic E-state index is 11.8. The van der Waals surface area contributed by atoms with E-state index in [1.165, 1.54) is 64.2 Å². The van der Waals surface area contributed by atoms with Gasteiger partial charge in [-0.05, 0) is 33.6 Å². The molecule has 0 rings (SSSR count). The zero-order valence-corrected chi connectivity index (χ0v) is 24.0. The molecule has 214 valence electrons. The fourth-order valence-electron chi connectivity index (χ4n) is 3.88. The lowest BCUT2D eigenvalue weighted by Gasteiger charge is -2.19. The number of unbranched alkanes of at least 4 members (excludes halogenated alkanes) is 13. The molecule has 0 atom stereocenters. The van der Waals surface area contributed by atoms with Crippen molar-refractivity contribution in [1.29, 1.82) is 0 Å². The molecule has 7 nitrogen and oxygen atoms in total. The van der Waals surface area contributed by atoms with Crippen LogP contribution in [0.25, 0.3) is 0 Å². The highest BCUT2D eigenvalue weighted by Crippen LogP contribution is 2.15. The highest BCUT2D eigenvalue weighted by Gasteiger charge is 2.15. The Labute approximate surface area is 221 Å².